The van der Waals surface area contributed by atoms with Crippen LogP contribution < -0.4 is 0 Å². The Balaban J connectivity index is 1.32. The van der Waals surface area contributed by atoms with Gasteiger partial charge in [-0.15, -0.1) is 0 Å². The molecule has 3 aromatic heterocycles. The van der Waals surface area contributed by atoms with Gasteiger partial charge in [-0.3, -0.25) is 0 Å². The van der Waals surface area contributed by atoms with E-state index >= 15 is 0 Å². The van der Waals surface area contributed by atoms with Gasteiger partial charge in [-0.2, -0.15) is 0 Å². The van der Waals surface area contributed by atoms with Gasteiger partial charge in [0.25, 0.3) is 0 Å². The van der Waals surface area contributed by atoms with Crippen molar-refractivity contribution in [1.29, 1.82) is 0 Å². The lowest BCUT2D eigenvalue weighted by molar-refractivity contribution is 0.673. The molecular formula is C40H25N3O. The fourth-order valence-electron chi connectivity index (χ4n) is 6.07. The molecule has 0 aliphatic carbocycles. The highest BCUT2D eigenvalue weighted by atomic mass is 16.3. The van der Waals surface area contributed by atoms with Crippen LogP contribution in [0.2, 0.25) is 0 Å². The van der Waals surface area contributed by atoms with Crippen LogP contribution in [0.5, 0.6) is 0 Å². The van der Waals surface area contributed by atoms with Crippen LogP contribution in [0.15, 0.2) is 156 Å². The molecule has 206 valence electrons. The van der Waals surface area contributed by atoms with Crippen molar-refractivity contribution in [3.8, 4) is 39.6 Å². The van der Waals surface area contributed by atoms with E-state index in [9.17, 15) is 5.48 Å². The number of hydrogen-bond acceptors (Lipinski definition) is 3. The lowest BCUT2D eigenvalue weighted by Crippen LogP contribution is -1.97. The Morgan fingerprint density at radius 3 is 1.93 bits per heavy atom. The molecule has 0 unspecified atom stereocenters. The maximum atomic E-state index is 9.36. The highest BCUT2D eigenvalue weighted by Crippen LogP contribution is 2.40. The van der Waals surface area contributed by atoms with E-state index in [0.717, 1.165) is 54.9 Å². The zero-order chi connectivity index (χ0) is 32.5. The summed E-state index contributed by atoms with van der Waals surface area (Å²) in [6.07, 6.45) is 0. The molecule has 0 radical (unpaired) electrons. The van der Waals surface area contributed by atoms with Crippen molar-refractivity contribution in [2.24, 2.45) is 0 Å². The first-order valence-corrected chi connectivity index (χ1v) is 14.4. The molecule has 0 saturated heterocycles. The van der Waals surface area contributed by atoms with Crippen molar-refractivity contribution in [1.82, 2.24) is 14.5 Å². The lowest BCUT2D eigenvalue weighted by Gasteiger charge is -2.11. The van der Waals surface area contributed by atoms with Gasteiger partial charge in [0, 0.05) is 38.5 Å². The topological polar surface area (TPSA) is 43.9 Å². The second-order valence-corrected chi connectivity index (χ2v) is 10.7. The molecule has 0 bridgehead atoms. The van der Waals surface area contributed by atoms with E-state index < -0.39 is 0 Å². The minimum Gasteiger partial charge on any atom is -0.455 e. The number of nitrogens with zero attached hydrogens (tertiary/aromatic N) is 3. The SMILES string of the molecule is [2H]c1c([2H])c(-n2c3ccccc3c3c4oc5ccccc5c4ccc32)c([2H])c([2H])c1-c1cc(-c2ccccc2)nc(-c2ccccc2)n1. The number of benzene rings is 6. The van der Waals surface area contributed by atoms with Crippen molar-refractivity contribution in [3.63, 3.8) is 0 Å². The van der Waals surface area contributed by atoms with E-state index in [1.165, 1.54) is 0 Å². The Bertz CT molecular complexity index is 2630. The number of aromatic nitrogens is 3. The molecule has 0 amide bonds. The number of rotatable bonds is 4. The van der Waals surface area contributed by atoms with Crippen LogP contribution in [-0.2, 0) is 0 Å². The summed E-state index contributed by atoms with van der Waals surface area (Å²) >= 11 is 0. The molecule has 44 heavy (non-hydrogen) atoms. The van der Waals surface area contributed by atoms with Crippen molar-refractivity contribution in [2.75, 3.05) is 0 Å². The second-order valence-electron chi connectivity index (χ2n) is 10.7. The van der Waals surface area contributed by atoms with E-state index in [0.29, 0.717) is 17.2 Å². The molecule has 0 N–H and O–H groups in total. The first kappa shape index (κ1) is 20.8. The standard InChI is InChI=1S/C40H25N3O/c1-3-11-26(12-4-1)33-25-34(42-40(41-33)28-13-5-2-6-14-28)27-19-21-29(22-20-27)43-35-17-9-7-16-32(35)38-36(43)24-23-31-30-15-8-10-18-37(30)44-39(31)38/h1-25H/i19D,20D,21D,22D. The molecule has 0 atom stereocenters. The predicted octanol–water partition coefficient (Wildman–Crippen LogP) is 10.5. The van der Waals surface area contributed by atoms with Crippen molar-refractivity contribution in [3.05, 3.63) is 152 Å². The maximum Gasteiger partial charge on any atom is 0.160 e. The highest BCUT2D eigenvalue weighted by Gasteiger charge is 2.18. The zero-order valence-electron chi connectivity index (χ0n) is 27.4. The van der Waals surface area contributed by atoms with Gasteiger partial charge in [-0.1, -0.05) is 109 Å². The van der Waals surface area contributed by atoms with Crippen LogP contribution in [-0.4, -0.2) is 14.5 Å². The van der Waals surface area contributed by atoms with Gasteiger partial charge in [0.2, 0.25) is 0 Å². The third-order valence-electron chi connectivity index (χ3n) is 8.10. The highest BCUT2D eigenvalue weighted by molar-refractivity contribution is 6.23. The smallest absolute Gasteiger partial charge is 0.160 e. The molecule has 0 fully saturated rings. The van der Waals surface area contributed by atoms with E-state index in [-0.39, 0.29) is 35.4 Å². The van der Waals surface area contributed by atoms with Gasteiger partial charge in [0.15, 0.2) is 5.82 Å². The van der Waals surface area contributed by atoms with Crippen LogP contribution in [0.25, 0.3) is 83.3 Å². The molecule has 0 spiro atoms. The molecule has 3 heterocycles. The summed E-state index contributed by atoms with van der Waals surface area (Å²) in [5.41, 5.74) is 5.85. The van der Waals surface area contributed by atoms with Gasteiger partial charge in [0.1, 0.15) is 11.2 Å². The Morgan fingerprint density at radius 2 is 1.16 bits per heavy atom. The van der Waals surface area contributed by atoms with Gasteiger partial charge >= 0.3 is 0 Å². The van der Waals surface area contributed by atoms with Crippen molar-refractivity contribution < 1.29 is 9.90 Å². The Labute approximate surface area is 259 Å². The van der Waals surface area contributed by atoms with Crippen LogP contribution in [0.3, 0.4) is 0 Å². The molecule has 9 rings (SSSR count). The monoisotopic (exact) mass is 567 g/mol. The lowest BCUT2D eigenvalue weighted by atomic mass is 10.1. The second kappa shape index (κ2) is 9.79. The molecule has 6 aromatic carbocycles. The molecule has 4 nitrogen and oxygen atoms in total. The molecule has 0 saturated carbocycles. The number of hydrogen-bond donors (Lipinski definition) is 0. The van der Waals surface area contributed by atoms with Gasteiger partial charge in [-0.05, 0) is 42.4 Å². The summed E-state index contributed by atoms with van der Waals surface area (Å²) in [4.78, 5) is 9.64. The third-order valence-corrected chi connectivity index (χ3v) is 8.10. The van der Waals surface area contributed by atoms with Gasteiger partial charge < -0.3 is 8.98 Å². The Hall–Kier alpha value is -6.00. The Kier molecular flexibility index (Phi) is 4.63. The molecule has 0 aliphatic heterocycles. The summed E-state index contributed by atoms with van der Waals surface area (Å²) < 4.78 is 45.6. The first-order valence-electron chi connectivity index (χ1n) is 16.4. The van der Waals surface area contributed by atoms with Crippen LogP contribution in [0, 0.1) is 0 Å². The summed E-state index contributed by atoms with van der Waals surface area (Å²) in [6.45, 7) is 0. The molecule has 4 heteroatoms. The first-order chi connectivity index (χ1) is 23.5. The van der Waals surface area contributed by atoms with Crippen LogP contribution in [0.4, 0.5) is 0 Å². The number of para-hydroxylation sites is 2. The predicted molar refractivity (Wildman–Crippen MR) is 180 cm³/mol. The molecule has 9 aromatic rings. The largest absolute Gasteiger partial charge is 0.455 e. The van der Waals surface area contributed by atoms with E-state index in [1.807, 2.05) is 126 Å². The normalized spacial score (nSPS) is 12.9. The zero-order valence-corrected chi connectivity index (χ0v) is 23.4. The molecular weight excluding hydrogens is 538 g/mol. The van der Waals surface area contributed by atoms with Crippen molar-refractivity contribution in [2.45, 2.75) is 0 Å². The van der Waals surface area contributed by atoms with Gasteiger partial charge in [-0.25, -0.2) is 9.97 Å². The van der Waals surface area contributed by atoms with Crippen LogP contribution >= 0.6 is 0 Å². The third kappa shape index (κ3) is 3.85. The minimum absolute atomic E-state index is 0.117. The van der Waals surface area contributed by atoms with E-state index in [4.69, 9.17) is 14.4 Å². The molecule has 0 aliphatic rings. The number of furan rings is 1. The Morgan fingerprint density at radius 1 is 0.523 bits per heavy atom. The average molecular weight is 568 g/mol. The summed E-state index contributed by atoms with van der Waals surface area (Å²) in [5, 5.41) is 3.74. The van der Waals surface area contributed by atoms with E-state index in [1.54, 1.807) is 6.07 Å². The summed E-state index contributed by atoms with van der Waals surface area (Å²) in [7, 11) is 0. The number of fused-ring (bicyclic) bond motifs is 7. The quantitative estimate of drug-likeness (QED) is 0.212. The van der Waals surface area contributed by atoms with Crippen molar-refractivity contribution >= 4 is 43.7 Å². The fourth-order valence-corrected chi connectivity index (χ4v) is 6.07. The summed E-state index contributed by atoms with van der Waals surface area (Å²) in [6, 6.07) is 40.0. The van der Waals surface area contributed by atoms with E-state index in [2.05, 4.69) is 0 Å². The average Bonchev–Trinajstić information content (AvgIpc) is 3.68. The van der Waals surface area contributed by atoms with Crippen LogP contribution in [0.1, 0.15) is 5.48 Å². The fraction of sp³-hybridized carbons (Fsp3) is 0. The maximum absolute atomic E-state index is 9.36. The van der Waals surface area contributed by atoms with Gasteiger partial charge in [0.05, 0.1) is 33.3 Å². The minimum atomic E-state index is -0.182. The summed E-state index contributed by atoms with van der Waals surface area (Å²) in [5.74, 6) is 0.435.